The Morgan fingerprint density at radius 2 is 1.31 bits per heavy atom. The van der Waals surface area contributed by atoms with Crippen molar-refractivity contribution in [2.24, 2.45) is 11.8 Å². The number of ketones is 2. The number of aliphatic hydroxyl groups is 1. The van der Waals surface area contributed by atoms with Gasteiger partial charge in [-0.05, 0) is 95.8 Å². The monoisotopic (exact) mass is 716 g/mol. The van der Waals surface area contributed by atoms with Gasteiger partial charge in [0.05, 0.1) is 6.10 Å². The number of aliphatic hydroxyl groups excluding tert-OH is 1. The zero-order valence-electron chi connectivity index (χ0n) is 21.1. The van der Waals surface area contributed by atoms with Gasteiger partial charge in [-0.1, -0.05) is 74.9 Å². The Labute approximate surface area is 243 Å². The summed E-state index contributed by atoms with van der Waals surface area (Å²) in [5, 5.41) is 10.2. The minimum Gasteiger partial charge on any atom is -0.392 e. The lowest BCUT2D eigenvalue weighted by Crippen LogP contribution is -2.25. The van der Waals surface area contributed by atoms with E-state index in [4.69, 9.17) is 0 Å². The summed E-state index contributed by atoms with van der Waals surface area (Å²) >= 11 is 4.33. The molecule has 2 aliphatic rings. The molecule has 1 N–H and O–H groups in total. The van der Waals surface area contributed by atoms with E-state index in [1.165, 1.54) is 38.5 Å². The molecule has 6 heteroatoms. The second kappa shape index (κ2) is 17.4. The second-order valence-electron chi connectivity index (χ2n) is 9.64. The molecule has 0 amide bonds. The Morgan fingerprint density at radius 3 is 1.72 bits per heavy atom. The molecule has 2 aromatic carbocycles. The molecule has 2 saturated carbocycles. The maximum Gasteiger partial charge on any atom is 0.166 e. The van der Waals surface area contributed by atoms with E-state index >= 15 is 0 Å². The van der Waals surface area contributed by atoms with Crippen molar-refractivity contribution < 1.29 is 19.5 Å². The third kappa shape index (κ3) is 11.1. The first-order chi connectivity index (χ1) is 17.3. The number of benzene rings is 2. The predicted molar refractivity (Wildman–Crippen MR) is 162 cm³/mol. The molecule has 2 fully saturated rings. The minimum absolute atomic E-state index is 0.0677. The van der Waals surface area contributed by atoms with Crippen LogP contribution in [-0.4, -0.2) is 29.1 Å². The Hall–Kier alpha value is -1.13. The van der Waals surface area contributed by atoms with Gasteiger partial charge in [-0.25, -0.2) is 0 Å². The topological polar surface area (TPSA) is 71.4 Å². The average Bonchev–Trinajstić information content (AvgIpc) is 2.90. The van der Waals surface area contributed by atoms with Crippen LogP contribution < -0.4 is 0 Å². The molecule has 196 valence electrons. The van der Waals surface area contributed by atoms with E-state index in [9.17, 15) is 19.5 Å². The molecule has 4 nitrogen and oxygen atoms in total. The van der Waals surface area contributed by atoms with Crippen LogP contribution in [-0.2, 0) is 4.79 Å². The molecule has 2 aliphatic carbocycles. The van der Waals surface area contributed by atoms with Gasteiger partial charge in [0.2, 0.25) is 0 Å². The molecule has 0 heterocycles. The van der Waals surface area contributed by atoms with Crippen molar-refractivity contribution in [3.63, 3.8) is 0 Å². The smallest absolute Gasteiger partial charge is 0.166 e. The molecule has 0 aromatic heterocycles. The molecule has 1 unspecified atom stereocenters. The summed E-state index contributed by atoms with van der Waals surface area (Å²) in [6.45, 7) is 1.58. The average molecular weight is 716 g/mol. The fraction of sp³-hybridized carbons (Fsp3) is 0.500. The number of hydrogen-bond acceptors (Lipinski definition) is 4. The summed E-state index contributed by atoms with van der Waals surface area (Å²) in [6.07, 6.45) is 12.9. The standard InChI is InChI=1S/C15H19IO2.C8H7IO.C7H12O/c16-13-9-5-4-8-12(13)15(18)10-14(17)11-6-2-1-3-7-11;1-6(10)7-4-2-3-5-8(7)9;8-6-7-4-2-1-3-5-7/h4-5,8-9,11,14,17H,1-3,6-7,10H2;2-5H,1H3;6-7H,1-5H2. The molecular formula is C30H38I2O4. The first kappa shape index (κ1) is 31.1. The van der Waals surface area contributed by atoms with Gasteiger partial charge in [0.15, 0.2) is 11.6 Å². The number of carbonyl (C=O) groups excluding carboxylic acids is 3. The molecule has 4 rings (SSSR count). The van der Waals surface area contributed by atoms with E-state index < -0.39 is 6.10 Å². The number of rotatable bonds is 6. The first-order valence-corrected chi connectivity index (χ1v) is 15.2. The van der Waals surface area contributed by atoms with Crippen molar-refractivity contribution in [1.29, 1.82) is 0 Å². The number of carbonyl (C=O) groups is 3. The molecule has 0 radical (unpaired) electrons. The fourth-order valence-electron chi connectivity index (χ4n) is 4.69. The van der Waals surface area contributed by atoms with Crippen LogP contribution >= 0.6 is 45.2 Å². The van der Waals surface area contributed by atoms with Crippen LogP contribution in [0, 0.1) is 19.0 Å². The maximum atomic E-state index is 12.2. The summed E-state index contributed by atoms with van der Waals surface area (Å²) < 4.78 is 1.99. The minimum atomic E-state index is -0.464. The van der Waals surface area contributed by atoms with E-state index in [0.29, 0.717) is 11.8 Å². The lowest BCUT2D eigenvalue weighted by atomic mass is 9.83. The van der Waals surface area contributed by atoms with Gasteiger partial charge in [0.1, 0.15) is 6.29 Å². The lowest BCUT2D eigenvalue weighted by molar-refractivity contribution is -0.111. The molecule has 2 aromatic rings. The van der Waals surface area contributed by atoms with E-state index in [2.05, 4.69) is 45.2 Å². The highest BCUT2D eigenvalue weighted by atomic mass is 127. The molecular weight excluding hydrogens is 678 g/mol. The third-order valence-electron chi connectivity index (χ3n) is 6.86. The predicted octanol–water partition coefficient (Wildman–Crippen LogP) is 8.06. The van der Waals surface area contributed by atoms with Crippen molar-refractivity contribution in [3.8, 4) is 0 Å². The quantitative estimate of drug-likeness (QED) is 0.187. The summed E-state index contributed by atoms with van der Waals surface area (Å²) in [5.74, 6) is 0.927. The van der Waals surface area contributed by atoms with Crippen LogP contribution in [0.4, 0.5) is 0 Å². The van der Waals surface area contributed by atoms with Crippen molar-refractivity contribution in [2.75, 3.05) is 0 Å². The molecule has 0 aliphatic heterocycles. The van der Waals surface area contributed by atoms with Crippen LogP contribution in [0.5, 0.6) is 0 Å². The third-order valence-corrected chi connectivity index (χ3v) is 8.74. The molecule has 36 heavy (non-hydrogen) atoms. The highest BCUT2D eigenvalue weighted by Gasteiger charge is 2.24. The van der Waals surface area contributed by atoms with Gasteiger partial charge in [-0.3, -0.25) is 9.59 Å². The van der Waals surface area contributed by atoms with Crippen molar-refractivity contribution >= 4 is 63.0 Å². The number of Topliss-reactive ketones (excluding diaryl/α,β-unsaturated/α-hetero) is 2. The number of aldehydes is 1. The highest BCUT2D eigenvalue weighted by molar-refractivity contribution is 14.1. The Balaban J connectivity index is 0.000000213. The zero-order chi connectivity index (χ0) is 26.3. The Morgan fingerprint density at radius 1 is 0.833 bits per heavy atom. The number of hydrogen-bond donors (Lipinski definition) is 1. The molecule has 1 atom stereocenters. The van der Waals surface area contributed by atoms with Crippen LogP contribution in [0.2, 0.25) is 0 Å². The van der Waals surface area contributed by atoms with E-state index in [1.54, 1.807) is 6.92 Å². The highest BCUT2D eigenvalue weighted by Crippen LogP contribution is 2.28. The lowest BCUT2D eigenvalue weighted by Gasteiger charge is -2.26. The van der Waals surface area contributed by atoms with Crippen LogP contribution in [0.3, 0.4) is 0 Å². The SMILES string of the molecule is CC(=O)c1ccccc1I.O=C(CC(O)C1CCCCC1)c1ccccc1I.O=CC1CCCCC1. The van der Waals surface area contributed by atoms with Gasteiger partial charge >= 0.3 is 0 Å². The van der Waals surface area contributed by atoms with E-state index in [0.717, 1.165) is 50.2 Å². The number of halogens is 2. The normalized spacial score (nSPS) is 17.0. The van der Waals surface area contributed by atoms with Crippen molar-refractivity contribution in [1.82, 2.24) is 0 Å². The largest absolute Gasteiger partial charge is 0.392 e. The van der Waals surface area contributed by atoms with Crippen molar-refractivity contribution in [3.05, 3.63) is 66.8 Å². The van der Waals surface area contributed by atoms with Crippen molar-refractivity contribution in [2.45, 2.75) is 83.7 Å². The van der Waals surface area contributed by atoms with E-state index in [-0.39, 0.29) is 18.0 Å². The van der Waals surface area contributed by atoms with Gasteiger partial charge in [0, 0.05) is 30.6 Å². The van der Waals surface area contributed by atoms with Crippen LogP contribution in [0.15, 0.2) is 48.5 Å². The summed E-state index contributed by atoms with van der Waals surface area (Å²) in [7, 11) is 0. The first-order valence-electron chi connectivity index (χ1n) is 13.0. The zero-order valence-corrected chi connectivity index (χ0v) is 25.4. The Kier molecular flexibility index (Phi) is 15.0. The van der Waals surface area contributed by atoms with Gasteiger partial charge in [-0.2, -0.15) is 0 Å². The fourth-order valence-corrected chi connectivity index (χ4v) is 6.15. The van der Waals surface area contributed by atoms with Gasteiger partial charge in [0.25, 0.3) is 0 Å². The maximum absolute atomic E-state index is 12.2. The molecule has 0 saturated heterocycles. The Bertz CT molecular complexity index is 963. The molecule has 0 spiro atoms. The van der Waals surface area contributed by atoms with Crippen LogP contribution in [0.1, 0.15) is 98.3 Å². The molecule has 0 bridgehead atoms. The van der Waals surface area contributed by atoms with Gasteiger partial charge < -0.3 is 9.90 Å². The second-order valence-corrected chi connectivity index (χ2v) is 12.0. The summed E-state index contributed by atoms with van der Waals surface area (Å²) in [5.41, 5.74) is 1.55. The summed E-state index contributed by atoms with van der Waals surface area (Å²) in [4.78, 5) is 33.2. The van der Waals surface area contributed by atoms with Gasteiger partial charge in [-0.15, -0.1) is 0 Å². The van der Waals surface area contributed by atoms with E-state index in [1.807, 2.05) is 48.5 Å². The summed E-state index contributed by atoms with van der Waals surface area (Å²) in [6, 6.07) is 15.1. The van der Waals surface area contributed by atoms with Crippen LogP contribution in [0.25, 0.3) is 0 Å².